The fourth-order valence-corrected chi connectivity index (χ4v) is 0.804. The smallest absolute Gasteiger partial charge is 0.326 e. The molecule has 66 valence electrons. The number of nitro groups is 1. The minimum Gasteiger partial charge on any atom is -0.396 e. The summed E-state index contributed by atoms with van der Waals surface area (Å²) in [6, 6.07) is 0. The van der Waals surface area contributed by atoms with E-state index in [9.17, 15) is 15.2 Å². The molecule has 0 amide bonds. The number of hydrogen-bond donors (Lipinski definition) is 2. The molecular weight excluding hydrogens is 150 g/mol. The van der Waals surface area contributed by atoms with E-state index in [2.05, 4.69) is 0 Å². The van der Waals surface area contributed by atoms with E-state index in [1.165, 1.54) is 13.8 Å². The van der Waals surface area contributed by atoms with Crippen LogP contribution in [-0.2, 0) is 0 Å². The third-order valence-corrected chi connectivity index (χ3v) is 1.90. The molecule has 0 spiro atoms. The van der Waals surface area contributed by atoms with Crippen molar-refractivity contribution in [2.75, 3.05) is 6.61 Å². The van der Waals surface area contributed by atoms with E-state index in [1.54, 1.807) is 0 Å². The van der Waals surface area contributed by atoms with Crippen molar-refractivity contribution in [2.45, 2.75) is 26.0 Å². The molecule has 0 heterocycles. The minimum absolute atomic E-state index is 0.00171. The lowest BCUT2D eigenvalue weighted by Crippen LogP contribution is -2.45. The summed E-state index contributed by atoms with van der Waals surface area (Å²) in [7, 11) is 0. The summed E-state index contributed by atoms with van der Waals surface area (Å²) in [6.07, 6.45) is 0.00171. The lowest BCUT2D eigenvalue weighted by molar-refractivity contribution is -0.637. The Morgan fingerprint density at radius 3 is 2.27 bits per heavy atom. The monoisotopic (exact) mass is 163 g/mol. The van der Waals surface area contributed by atoms with Crippen molar-refractivity contribution in [2.24, 2.45) is 5.92 Å². The van der Waals surface area contributed by atoms with Gasteiger partial charge in [-0.15, -0.1) is 0 Å². The first-order chi connectivity index (χ1) is 4.99. The average molecular weight is 163 g/mol. The van der Waals surface area contributed by atoms with Crippen LogP contribution in [0.15, 0.2) is 0 Å². The molecule has 11 heavy (non-hydrogen) atoms. The molecule has 5 heteroatoms. The largest absolute Gasteiger partial charge is 0.396 e. The van der Waals surface area contributed by atoms with Crippen molar-refractivity contribution in [3.8, 4) is 0 Å². The van der Waals surface area contributed by atoms with Crippen molar-refractivity contribution in [3.05, 3.63) is 10.1 Å². The van der Waals surface area contributed by atoms with Crippen LogP contribution in [0.2, 0.25) is 0 Å². The number of nitrogens with zero attached hydrogens (tertiary/aromatic N) is 1. The van der Waals surface area contributed by atoms with Crippen LogP contribution in [0.3, 0.4) is 0 Å². The molecule has 0 radical (unpaired) electrons. The Kier molecular flexibility index (Phi) is 3.41. The van der Waals surface area contributed by atoms with E-state index in [4.69, 9.17) is 5.11 Å². The summed E-state index contributed by atoms with van der Waals surface area (Å²) in [6.45, 7) is 2.56. The third-order valence-electron chi connectivity index (χ3n) is 1.90. The predicted octanol–water partition coefficient (Wildman–Crippen LogP) is -0.00990. The van der Waals surface area contributed by atoms with E-state index < -0.39 is 16.6 Å². The molecule has 0 fully saturated rings. The molecule has 2 N–H and O–H groups in total. The predicted molar refractivity (Wildman–Crippen MR) is 38.5 cm³/mol. The zero-order valence-electron chi connectivity index (χ0n) is 6.65. The second kappa shape index (κ2) is 3.64. The van der Waals surface area contributed by atoms with Gasteiger partial charge in [-0.3, -0.25) is 10.1 Å². The van der Waals surface area contributed by atoms with E-state index in [-0.39, 0.29) is 13.0 Å². The van der Waals surface area contributed by atoms with Gasteiger partial charge in [0.25, 0.3) is 0 Å². The molecule has 5 nitrogen and oxygen atoms in total. The first-order valence-electron chi connectivity index (χ1n) is 3.46. The second-order valence-corrected chi connectivity index (χ2v) is 2.57. The number of hydrogen-bond acceptors (Lipinski definition) is 4. The van der Waals surface area contributed by atoms with Gasteiger partial charge in [0.1, 0.15) is 0 Å². The Balaban J connectivity index is 4.45. The van der Waals surface area contributed by atoms with Gasteiger partial charge in [0.2, 0.25) is 0 Å². The van der Waals surface area contributed by atoms with Crippen LogP contribution in [0, 0.1) is 16.0 Å². The highest BCUT2D eigenvalue weighted by atomic mass is 16.7. The maximum absolute atomic E-state index is 10.3. The van der Waals surface area contributed by atoms with E-state index in [0.29, 0.717) is 0 Å². The van der Waals surface area contributed by atoms with Gasteiger partial charge < -0.3 is 10.2 Å². The van der Waals surface area contributed by atoms with E-state index >= 15 is 0 Å². The molecule has 0 bridgehead atoms. The van der Waals surface area contributed by atoms with Crippen LogP contribution in [0.4, 0.5) is 0 Å². The van der Waals surface area contributed by atoms with Crippen LogP contribution in [0.5, 0.6) is 0 Å². The molecule has 0 saturated carbocycles. The average Bonchev–Trinajstić information content (AvgIpc) is 2.01. The van der Waals surface area contributed by atoms with Gasteiger partial charge in [-0.05, 0) is 0 Å². The highest BCUT2D eigenvalue weighted by molar-refractivity contribution is 4.70. The maximum Gasteiger partial charge on any atom is 0.326 e. The van der Waals surface area contributed by atoms with Gasteiger partial charge in [-0.2, -0.15) is 0 Å². The first-order valence-corrected chi connectivity index (χ1v) is 3.46. The van der Waals surface area contributed by atoms with Crippen molar-refractivity contribution < 1.29 is 15.1 Å². The zero-order chi connectivity index (χ0) is 9.07. The quantitative estimate of drug-likeness (QED) is 0.347. The van der Waals surface area contributed by atoms with E-state index in [1.807, 2.05) is 0 Å². The van der Waals surface area contributed by atoms with Crippen LogP contribution >= 0.6 is 0 Å². The lowest BCUT2D eigenvalue weighted by atomic mass is 9.97. The van der Waals surface area contributed by atoms with Gasteiger partial charge in [-0.25, -0.2) is 0 Å². The third kappa shape index (κ3) is 1.87. The Morgan fingerprint density at radius 2 is 2.18 bits per heavy atom. The van der Waals surface area contributed by atoms with Crippen molar-refractivity contribution in [1.82, 2.24) is 0 Å². The summed E-state index contributed by atoms with van der Waals surface area (Å²) in [4.78, 5) is 9.54. The molecule has 0 aromatic rings. The van der Waals surface area contributed by atoms with Crippen molar-refractivity contribution in [1.29, 1.82) is 0 Å². The lowest BCUT2D eigenvalue weighted by Gasteiger charge is -2.22. The van der Waals surface area contributed by atoms with Crippen LogP contribution in [-0.4, -0.2) is 27.5 Å². The Labute approximate surface area is 64.8 Å². The highest BCUT2D eigenvalue weighted by Crippen LogP contribution is 2.20. The number of aliphatic hydroxyl groups is 2. The fourth-order valence-electron chi connectivity index (χ4n) is 0.804. The molecule has 2 atom stereocenters. The van der Waals surface area contributed by atoms with Gasteiger partial charge in [-0.1, -0.05) is 13.8 Å². The number of aliphatic hydroxyl groups excluding tert-OH is 1. The van der Waals surface area contributed by atoms with Gasteiger partial charge in [0.05, 0.1) is 17.4 Å². The second-order valence-electron chi connectivity index (χ2n) is 2.57. The Hall–Kier alpha value is -0.680. The van der Waals surface area contributed by atoms with Crippen LogP contribution in [0.1, 0.15) is 20.3 Å². The maximum atomic E-state index is 10.3. The molecule has 0 aromatic carbocycles. The highest BCUT2D eigenvalue weighted by Gasteiger charge is 2.43. The summed E-state index contributed by atoms with van der Waals surface area (Å²) < 4.78 is 0. The molecule has 0 saturated heterocycles. The topological polar surface area (TPSA) is 83.6 Å². The summed E-state index contributed by atoms with van der Waals surface area (Å²) >= 11 is 0. The normalized spacial score (nSPS) is 18.9. The summed E-state index contributed by atoms with van der Waals surface area (Å²) in [5, 5.41) is 28.2. The Bertz CT molecular complexity index is 150. The van der Waals surface area contributed by atoms with Gasteiger partial charge in [0.15, 0.2) is 0 Å². The molecular formula is C6H13NO4. The molecule has 0 rings (SSSR count). The minimum atomic E-state index is -1.98. The molecule has 0 aliphatic carbocycles. The molecule has 0 aromatic heterocycles. The fraction of sp³-hybridized carbons (Fsp3) is 1.00. The zero-order valence-corrected chi connectivity index (χ0v) is 6.65. The van der Waals surface area contributed by atoms with Crippen molar-refractivity contribution >= 4 is 0 Å². The van der Waals surface area contributed by atoms with Gasteiger partial charge in [0, 0.05) is 6.42 Å². The summed E-state index contributed by atoms with van der Waals surface area (Å²) in [5.41, 5.74) is -1.98. The summed E-state index contributed by atoms with van der Waals surface area (Å²) in [5.74, 6) is -0.734. The number of rotatable bonds is 4. The van der Waals surface area contributed by atoms with Gasteiger partial charge >= 0.3 is 5.72 Å². The van der Waals surface area contributed by atoms with Crippen LogP contribution < -0.4 is 0 Å². The molecule has 0 aliphatic heterocycles. The Morgan fingerprint density at radius 1 is 1.73 bits per heavy atom. The first kappa shape index (κ1) is 10.3. The van der Waals surface area contributed by atoms with E-state index in [0.717, 1.165) is 0 Å². The van der Waals surface area contributed by atoms with Crippen molar-refractivity contribution in [3.63, 3.8) is 0 Å². The standard InChI is InChI=1S/C6H13NO4/c1-3-6(9,7(10)11)5(2)4-8/h5,8-9H,3-4H2,1-2H3. The molecule has 2 unspecified atom stereocenters. The SMILES string of the molecule is CCC(O)(C(C)CO)[N+](=O)[O-]. The van der Waals surface area contributed by atoms with Crippen LogP contribution in [0.25, 0.3) is 0 Å². The molecule has 0 aliphatic rings.